The fraction of sp³-hybridized carbons (Fsp3) is 0.333. The predicted molar refractivity (Wildman–Crippen MR) is 127 cm³/mol. The summed E-state index contributed by atoms with van der Waals surface area (Å²) in [6.45, 7) is 2.28. The van der Waals surface area contributed by atoms with Crippen LogP contribution in [0.3, 0.4) is 0 Å². The van der Waals surface area contributed by atoms with E-state index >= 15 is 0 Å². The summed E-state index contributed by atoms with van der Waals surface area (Å²) in [4.78, 5) is 0. The quantitative estimate of drug-likeness (QED) is 0.276. The first-order chi connectivity index (χ1) is 14.9. The van der Waals surface area contributed by atoms with Crippen LogP contribution in [-0.4, -0.2) is 9.59 Å². The van der Waals surface area contributed by atoms with Gasteiger partial charge < -0.3 is 0 Å². The van der Waals surface area contributed by atoms with Crippen molar-refractivity contribution >= 4 is 21.7 Å². The average Bonchev–Trinajstić information content (AvgIpc) is 3.38. The van der Waals surface area contributed by atoms with Crippen molar-refractivity contribution in [3.8, 4) is 11.1 Å². The third-order valence-electron chi connectivity index (χ3n) is 6.71. The van der Waals surface area contributed by atoms with E-state index in [-0.39, 0.29) is 5.41 Å². The van der Waals surface area contributed by atoms with Crippen LogP contribution in [0.1, 0.15) is 68.6 Å². The lowest BCUT2D eigenvalue weighted by Crippen LogP contribution is -2.27. The van der Waals surface area contributed by atoms with Crippen LogP contribution in [0, 0.1) is 0 Å². The van der Waals surface area contributed by atoms with Gasteiger partial charge in [-0.2, -0.15) is 0 Å². The van der Waals surface area contributed by atoms with Crippen molar-refractivity contribution < 1.29 is 0 Å². The third kappa shape index (κ3) is 3.07. The number of benzene rings is 3. The second kappa shape index (κ2) is 8.31. The Morgan fingerprint density at radius 1 is 0.700 bits per heavy atom. The minimum Gasteiger partial charge on any atom is -0.138 e. The zero-order chi connectivity index (χ0) is 20.4. The van der Waals surface area contributed by atoms with Crippen molar-refractivity contribution in [1.29, 1.82) is 0 Å². The Labute approximate surface area is 183 Å². The fourth-order valence-corrected chi connectivity index (χ4v) is 5.93. The highest BCUT2D eigenvalue weighted by molar-refractivity contribution is 7.12. The largest absolute Gasteiger partial charge is 0.138 e. The molecule has 1 heterocycles. The molecule has 0 amide bonds. The molecule has 3 aromatic carbocycles. The highest BCUT2D eigenvalue weighted by atomic mass is 32.1. The van der Waals surface area contributed by atoms with E-state index in [2.05, 4.69) is 83.2 Å². The van der Waals surface area contributed by atoms with Crippen LogP contribution in [-0.2, 0) is 5.41 Å². The molecule has 0 bridgehead atoms. The van der Waals surface area contributed by atoms with Crippen LogP contribution in [0.4, 0.5) is 0 Å². The van der Waals surface area contributed by atoms with Gasteiger partial charge >= 0.3 is 0 Å². The monoisotopic (exact) mass is 412 g/mol. The minimum absolute atomic E-state index is 0.146. The van der Waals surface area contributed by atoms with Gasteiger partial charge in [0.05, 0.1) is 4.70 Å². The van der Waals surface area contributed by atoms with Gasteiger partial charge in [-0.25, -0.2) is 0 Å². The maximum absolute atomic E-state index is 4.59. The molecule has 0 spiro atoms. The van der Waals surface area contributed by atoms with Gasteiger partial charge in [0.15, 0.2) is 0 Å². The van der Waals surface area contributed by atoms with Gasteiger partial charge in [0.2, 0.25) is 0 Å². The maximum atomic E-state index is 4.59. The van der Waals surface area contributed by atoms with Gasteiger partial charge in [0, 0.05) is 5.41 Å². The SMILES string of the molecule is CCCCCCCCC1(c2cccc3snnc23)c2ccccc2-c2ccccc21. The van der Waals surface area contributed by atoms with Crippen LogP contribution in [0.15, 0.2) is 66.7 Å². The molecule has 0 atom stereocenters. The van der Waals surface area contributed by atoms with Gasteiger partial charge in [-0.1, -0.05) is 111 Å². The fourth-order valence-electron chi connectivity index (χ4n) is 5.34. The molecule has 30 heavy (non-hydrogen) atoms. The van der Waals surface area contributed by atoms with E-state index in [0.29, 0.717) is 0 Å². The summed E-state index contributed by atoms with van der Waals surface area (Å²) in [5, 5.41) is 4.59. The van der Waals surface area contributed by atoms with Crippen molar-refractivity contribution in [2.45, 2.75) is 57.3 Å². The molecule has 2 nitrogen and oxygen atoms in total. The van der Waals surface area contributed by atoms with Crippen LogP contribution < -0.4 is 0 Å². The Morgan fingerprint density at radius 3 is 2.07 bits per heavy atom. The number of rotatable bonds is 8. The van der Waals surface area contributed by atoms with Crippen molar-refractivity contribution in [2.24, 2.45) is 0 Å². The highest BCUT2D eigenvalue weighted by Crippen LogP contribution is 2.56. The van der Waals surface area contributed by atoms with E-state index in [0.717, 1.165) is 11.9 Å². The summed E-state index contributed by atoms with van der Waals surface area (Å²) in [7, 11) is 0. The lowest BCUT2D eigenvalue weighted by molar-refractivity contribution is 0.508. The lowest BCUT2D eigenvalue weighted by atomic mass is 9.69. The molecule has 1 aliphatic carbocycles. The van der Waals surface area contributed by atoms with Gasteiger partial charge in [-0.3, -0.25) is 0 Å². The van der Waals surface area contributed by atoms with E-state index in [1.807, 2.05) is 0 Å². The van der Waals surface area contributed by atoms with E-state index in [9.17, 15) is 0 Å². The van der Waals surface area contributed by atoms with Gasteiger partial charge in [-0.15, -0.1) is 5.10 Å². The van der Waals surface area contributed by atoms with Gasteiger partial charge in [0.1, 0.15) is 5.52 Å². The van der Waals surface area contributed by atoms with Crippen molar-refractivity contribution in [3.63, 3.8) is 0 Å². The molecule has 0 N–H and O–H groups in total. The predicted octanol–water partition coefficient (Wildman–Crippen LogP) is 7.76. The van der Waals surface area contributed by atoms with Crippen LogP contribution >= 0.6 is 11.5 Å². The first-order valence-corrected chi connectivity index (χ1v) is 12.0. The topological polar surface area (TPSA) is 25.8 Å². The molecule has 0 saturated carbocycles. The standard InChI is InChI=1S/C27H28N2S/c1-2-3-4-5-6-11-19-27(24-17-12-18-25-26(24)28-29-30-25)22-15-9-7-13-20(22)21-14-8-10-16-23(21)27/h7-10,12-18H,2-6,11,19H2,1H3. The molecule has 0 unspecified atom stereocenters. The molecule has 1 aliphatic rings. The first-order valence-electron chi connectivity index (χ1n) is 11.3. The lowest BCUT2D eigenvalue weighted by Gasteiger charge is -2.33. The van der Waals surface area contributed by atoms with Crippen molar-refractivity contribution in [3.05, 3.63) is 83.4 Å². The Morgan fingerprint density at radius 2 is 1.33 bits per heavy atom. The molecular weight excluding hydrogens is 384 g/mol. The first kappa shape index (κ1) is 19.4. The minimum atomic E-state index is -0.146. The Kier molecular flexibility index (Phi) is 5.39. The molecule has 1 aromatic heterocycles. The normalized spacial score (nSPS) is 14.0. The number of hydrogen-bond acceptors (Lipinski definition) is 3. The summed E-state index contributed by atoms with van der Waals surface area (Å²) in [5.74, 6) is 0. The maximum Gasteiger partial charge on any atom is 0.110 e. The van der Waals surface area contributed by atoms with E-state index in [1.54, 1.807) is 0 Å². The molecule has 4 aromatic rings. The Hall–Kier alpha value is -2.52. The van der Waals surface area contributed by atoms with E-state index in [1.165, 1.54) is 82.6 Å². The van der Waals surface area contributed by atoms with E-state index in [4.69, 9.17) is 0 Å². The van der Waals surface area contributed by atoms with E-state index < -0.39 is 0 Å². The number of unbranched alkanes of at least 4 members (excludes halogenated alkanes) is 5. The van der Waals surface area contributed by atoms with Crippen LogP contribution in [0.25, 0.3) is 21.3 Å². The molecule has 0 radical (unpaired) electrons. The molecule has 0 saturated heterocycles. The number of hydrogen-bond donors (Lipinski definition) is 0. The summed E-state index contributed by atoms with van der Waals surface area (Å²) in [6, 6.07) is 24.6. The molecule has 152 valence electrons. The zero-order valence-corrected chi connectivity index (χ0v) is 18.4. The Bertz CT molecular complexity index is 1110. The van der Waals surface area contributed by atoms with Gasteiger partial charge in [0.25, 0.3) is 0 Å². The number of nitrogens with zero attached hydrogens (tertiary/aromatic N) is 2. The molecule has 0 aliphatic heterocycles. The summed E-state index contributed by atoms with van der Waals surface area (Å²) in [6.07, 6.45) is 8.95. The Balaban J connectivity index is 1.66. The smallest absolute Gasteiger partial charge is 0.110 e. The highest BCUT2D eigenvalue weighted by Gasteiger charge is 2.45. The molecule has 0 fully saturated rings. The molecular formula is C27H28N2S. The molecule has 3 heteroatoms. The summed E-state index contributed by atoms with van der Waals surface area (Å²) in [5.41, 5.74) is 7.85. The summed E-state index contributed by atoms with van der Waals surface area (Å²) >= 11 is 1.50. The van der Waals surface area contributed by atoms with Crippen LogP contribution in [0.5, 0.6) is 0 Å². The average molecular weight is 413 g/mol. The van der Waals surface area contributed by atoms with Crippen LogP contribution in [0.2, 0.25) is 0 Å². The number of aromatic nitrogens is 2. The van der Waals surface area contributed by atoms with Crippen molar-refractivity contribution in [1.82, 2.24) is 9.59 Å². The van der Waals surface area contributed by atoms with Crippen molar-refractivity contribution in [2.75, 3.05) is 0 Å². The second-order valence-electron chi connectivity index (χ2n) is 8.44. The molecule has 5 rings (SSSR count). The zero-order valence-electron chi connectivity index (χ0n) is 17.6. The third-order valence-corrected chi connectivity index (χ3v) is 7.40. The van der Waals surface area contributed by atoms with Gasteiger partial charge in [-0.05, 0) is 51.8 Å². The summed E-state index contributed by atoms with van der Waals surface area (Å²) < 4.78 is 5.48. The number of fused-ring (bicyclic) bond motifs is 4. The second-order valence-corrected chi connectivity index (χ2v) is 9.23.